The minimum absolute atomic E-state index is 0.104. The fourth-order valence-corrected chi connectivity index (χ4v) is 2.98. The maximum absolute atomic E-state index is 12.3. The highest BCUT2D eigenvalue weighted by Gasteiger charge is 2.23. The fraction of sp³-hybridized carbons (Fsp3) is 0.421. The summed E-state index contributed by atoms with van der Waals surface area (Å²) in [6, 6.07) is 9.22. The van der Waals surface area contributed by atoms with Gasteiger partial charge in [0.2, 0.25) is 11.8 Å². The molecule has 3 heterocycles. The first-order valence-corrected chi connectivity index (χ1v) is 9.50. The van der Waals surface area contributed by atoms with Crippen LogP contribution in [0.15, 0.2) is 39.3 Å². The summed E-state index contributed by atoms with van der Waals surface area (Å²) in [5.74, 6) is 1.84. The van der Waals surface area contributed by atoms with Crippen LogP contribution in [0.5, 0.6) is 0 Å². The third-order valence-electron chi connectivity index (χ3n) is 4.52. The molecule has 0 bridgehead atoms. The summed E-state index contributed by atoms with van der Waals surface area (Å²) in [6.07, 6.45) is 2.25. The number of carbonyl (C=O) groups is 1. The van der Waals surface area contributed by atoms with E-state index in [2.05, 4.69) is 25.7 Å². The molecule has 10 nitrogen and oxygen atoms in total. The summed E-state index contributed by atoms with van der Waals surface area (Å²) in [7, 11) is 1.66. The lowest BCUT2D eigenvalue weighted by atomic mass is 10.2. The van der Waals surface area contributed by atoms with E-state index in [9.17, 15) is 4.79 Å². The summed E-state index contributed by atoms with van der Waals surface area (Å²) in [6.45, 7) is 1.31. The van der Waals surface area contributed by atoms with Crippen LogP contribution in [0.2, 0.25) is 0 Å². The van der Waals surface area contributed by atoms with Gasteiger partial charge in [0.25, 0.3) is 5.89 Å². The van der Waals surface area contributed by atoms with Crippen LogP contribution < -0.4 is 5.32 Å². The van der Waals surface area contributed by atoms with Crippen LogP contribution in [0.3, 0.4) is 0 Å². The van der Waals surface area contributed by atoms with Gasteiger partial charge in [-0.3, -0.25) is 0 Å². The number of hydrogen-bond acceptors (Lipinski definition) is 8. The molecule has 1 N–H and O–H groups in total. The molecule has 1 aliphatic rings. The van der Waals surface area contributed by atoms with Crippen molar-refractivity contribution in [1.82, 2.24) is 30.6 Å². The summed E-state index contributed by atoms with van der Waals surface area (Å²) in [5, 5.41) is 14.8. The van der Waals surface area contributed by atoms with E-state index >= 15 is 0 Å². The Morgan fingerprint density at radius 2 is 2.14 bits per heavy atom. The van der Waals surface area contributed by atoms with Gasteiger partial charge in [0.1, 0.15) is 12.6 Å². The number of amides is 2. The van der Waals surface area contributed by atoms with Gasteiger partial charge in [0.15, 0.2) is 5.82 Å². The molecule has 3 aromatic rings. The highest BCUT2D eigenvalue weighted by atomic mass is 16.5. The van der Waals surface area contributed by atoms with Gasteiger partial charge in [0.05, 0.1) is 0 Å². The highest BCUT2D eigenvalue weighted by Crippen LogP contribution is 2.26. The van der Waals surface area contributed by atoms with E-state index in [4.69, 9.17) is 13.7 Å². The normalized spacial score (nSPS) is 16.1. The lowest BCUT2D eigenvalue weighted by Crippen LogP contribution is -2.37. The average molecular weight is 398 g/mol. The summed E-state index contributed by atoms with van der Waals surface area (Å²) >= 11 is 0. The van der Waals surface area contributed by atoms with E-state index in [-0.39, 0.29) is 18.7 Å². The van der Waals surface area contributed by atoms with Crippen molar-refractivity contribution < 1.29 is 18.5 Å². The minimum Gasteiger partial charge on any atom is -0.419 e. The number of rotatable bonds is 7. The molecule has 0 spiro atoms. The molecule has 4 rings (SSSR count). The summed E-state index contributed by atoms with van der Waals surface area (Å²) in [4.78, 5) is 18.1. The standard InChI is InChI=1S/C19H22N6O4/c1-25(12-16-22-23-17(28-16)13-6-3-2-4-7-13)19(26)20-10-9-15-21-18(29-24-15)14-8-5-11-27-14/h2-4,6-7,14H,5,8-12H2,1H3,(H,20,26)/t14-/m1/s1. The van der Waals surface area contributed by atoms with Crippen molar-refractivity contribution in [1.29, 1.82) is 0 Å². The molecule has 0 radical (unpaired) electrons. The lowest BCUT2D eigenvalue weighted by Gasteiger charge is -2.15. The molecule has 1 aliphatic heterocycles. The van der Waals surface area contributed by atoms with Crippen molar-refractivity contribution in [2.45, 2.75) is 31.9 Å². The number of nitrogens with one attached hydrogen (secondary N) is 1. The van der Waals surface area contributed by atoms with Crippen LogP contribution in [0.1, 0.15) is 36.6 Å². The number of nitrogens with zero attached hydrogens (tertiary/aromatic N) is 5. The Bertz CT molecular complexity index is 935. The average Bonchev–Trinajstić information content (AvgIpc) is 3.50. The Morgan fingerprint density at radius 3 is 2.93 bits per heavy atom. The van der Waals surface area contributed by atoms with E-state index < -0.39 is 0 Å². The monoisotopic (exact) mass is 398 g/mol. The molecular weight excluding hydrogens is 376 g/mol. The van der Waals surface area contributed by atoms with Gasteiger partial charge >= 0.3 is 6.03 Å². The number of benzene rings is 1. The van der Waals surface area contributed by atoms with Crippen molar-refractivity contribution in [3.63, 3.8) is 0 Å². The molecule has 0 saturated carbocycles. The molecule has 1 aromatic carbocycles. The summed E-state index contributed by atoms with van der Waals surface area (Å²) < 4.78 is 16.4. The second-order valence-corrected chi connectivity index (χ2v) is 6.76. The third-order valence-corrected chi connectivity index (χ3v) is 4.52. The highest BCUT2D eigenvalue weighted by molar-refractivity contribution is 5.73. The van der Waals surface area contributed by atoms with Crippen molar-refractivity contribution in [3.8, 4) is 11.5 Å². The largest absolute Gasteiger partial charge is 0.419 e. The van der Waals surface area contributed by atoms with Gasteiger partial charge < -0.3 is 23.9 Å². The molecule has 0 unspecified atom stereocenters. The Hall–Kier alpha value is -3.27. The van der Waals surface area contributed by atoms with Gasteiger partial charge in [-0.05, 0) is 25.0 Å². The van der Waals surface area contributed by atoms with Gasteiger partial charge in [-0.2, -0.15) is 4.98 Å². The van der Waals surface area contributed by atoms with Crippen LogP contribution in [0.4, 0.5) is 4.79 Å². The summed E-state index contributed by atoms with van der Waals surface area (Å²) in [5.41, 5.74) is 0.834. The molecule has 2 amide bonds. The van der Waals surface area contributed by atoms with E-state index in [0.717, 1.165) is 25.0 Å². The van der Waals surface area contributed by atoms with Gasteiger partial charge in [-0.25, -0.2) is 4.79 Å². The molecular formula is C19H22N6O4. The maximum Gasteiger partial charge on any atom is 0.317 e. The van der Waals surface area contributed by atoms with Gasteiger partial charge in [-0.1, -0.05) is 23.4 Å². The lowest BCUT2D eigenvalue weighted by molar-refractivity contribution is 0.0835. The molecule has 29 heavy (non-hydrogen) atoms. The van der Waals surface area contributed by atoms with E-state index in [1.165, 1.54) is 4.90 Å². The van der Waals surface area contributed by atoms with Crippen LogP contribution in [-0.2, 0) is 17.7 Å². The molecule has 152 valence electrons. The SMILES string of the molecule is CN(Cc1nnc(-c2ccccc2)o1)C(=O)NCCc1noc([C@H]2CCCO2)n1. The Kier molecular flexibility index (Phi) is 5.80. The third kappa shape index (κ3) is 4.77. The van der Waals surface area contributed by atoms with E-state index in [1.54, 1.807) is 7.05 Å². The fourth-order valence-electron chi connectivity index (χ4n) is 2.98. The van der Waals surface area contributed by atoms with Crippen LogP contribution in [0.25, 0.3) is 11.5 Å². The predicted molar refractivity (Wildman–Crippen MR) is 101 cm³/mol. The number of ether oxygens (including phenoxy) is 1. The zero-order valence-corrected chi connectivity index (χ0v) is 16.1. The van der Waals surface area contributed by atoms with E-state index in [0.29, 0.717) is 36.5 Å². The minimum atomic E-state index is -0.257. The smallest absolute Gasteiger partial charge is 0.317 e. The second-order valence-electron chi connectivity index (χ2n) is 6.76. The first-order valence-electron chi connectivity index (χ1n) is 9.50. The number of hydrogen-bond donors (Lipinski definition) is 1. The van der Waals surface area contributed by atoms with Gasteiger partial charge in [0, 0.05) is 32.2 Å². The number of urea groups is 1. The Morgan fingerprint density at radius 1 is 1.28 bits per heavy atom. The van der Waals surface area contributed by atoms with Gasteiger partial charge in [-0.15, -0.1) is 10.2 Å². The molecule has 1 saturated heterocycles. The number of aromatic nitrogens is 4. The van der Waals surface area contributed by atoms with E-state index in [1.807, 2.05) is 30.3 Å². The number of carbonyl (C=O) groups excluding carboxylic acids is 1. The molecule has 1 atom stereocenters. The first kappa shape index (κ1) is 19.1. The maximum atomic E-state index is 12.3. The van der Waals surface area contributed by atoms with Crippen LogP contribution in [-0.4, -0.2) is 51.5 Å². The topological polar surface area (TPSA) is 119 Å². The molecule has 1 fully saturated rings. The first-order chi connectivity index (χ1) is 14.2. The van der Waals surface area contributed by atoms with Crippen LogP contribution in [0, 0.1) is 0 Å². The predicted octanol–water partition coefficient (Wildman–Crippen LogP) is 2.36. The zero-order chi connectivity index (χ0) is 20.1. The van der Waals surface area contributed by atoms with Crippen molar-refractivity contribution in [3.05, 3.63) is 47.9 Å². The Labute approximate surface area is 167 Å². The van der Waals surface area contributed by atoms with Crippen LogP contribution >= 0.6 is 0 Å². The Balaban J connectivity index is 1.23. The van der Waals surface area contributed by atoms with Crippen molar-refractivity contribution >= 4 is 6.03 Å². The molecule has 10 heteroatoms. The second kappa shape index (κ2) is 8.82. The molecule has 2 aromatic heterocycles. The van der Waals surface area contributed by atoms with Crippen molar-refractivity contribution in [2.24, 2.45) is 0 Å². The molecule has 0 aliphatic carbocycles. The van der Waals surface area contributed by atoms with Crippen molar-refractivity contribution in [2.75, 3.05) is 20.2 Å². The zero-order valence-electron chi connectivity index (χ0n) is 16.1. The quantitative estimate of drug-likeness (QED) is 0.644.